The van der Waals surface area contributed by atoms with E-state index in [1.807, 2.05) is 89.2 Å². The minimum Gasteiger partial charge on any atom is -0.394 e. The van der Waals surface area contributed by atoms with Crippen LogP contribution in [0.25, 0.3) is 16.5 Å². The highest BCUT2D eigenvalue weighted by molar-refractivity contribution is 6.06. The lowest BCUT2D eigenvalue weighted by Gasteiger charge is -2.18. The van der Waals surface area contributed by atoms with Gasteiger partial charge in [0.25, 0.3) is 5.91 Å². The number of carbonyl (C=O) groups excluding carboxylic acids is 2. The lowest BCUT2D eigenvalue weighted by molar-refractivity contribution is 0.0908. The Bertz CT molecular complexity index is 1460. The predicted molar refractivity (Wildman–Crippen MR) is 157 cm³/mol. The second-order valence-electron chi connectivity index (χ2n) is 11.2. The fourth-order valence-corrected chi connectivity index (χ4v) is 4.43. The van der Waals surface area contributed by atoms with Crippen LogP contribution in [0.5, 0.6) is 0 Å². The number of amides is 3. The molecule has 1 aromatic heterocycles. The van der Waals surface area contributed by atoms with Gasteiger partial charge >= 0.3 is 6.03 Å². The molecule has 8 nitrogen and oxygen atoms in total. The molecule has 0 bridgehead atoms. The van der Waals surface area contributed by atoms with E-state index in [1.165, 1.54) is 0 Å². The van der Waals surface area contributed by atoms with E-state index in [0.29, 0.717) is 35.1 Å². The average Bonchev–Trinajstić information content (AvgIpc) is 3.32. The molecule has 0 radical (unpaired) electrons. The molecule has 0 spiro atoms. The third kappa shape index (κ3) is 6.83. The Balaban J connectivity index is 1.61. The maximum Gasteiger partial charge on any atom is 0.324 e. The molecule has 4 rings (SSSR count). The lowest BCUT2D eigenvalue weighted by atomic mass is 9.92. The van der Waals surface area contributed by atoms with Crippen molar-refractivity contribution < 1.29 is 14.7 Å². The zero-order valence-electron chi connectivity index (χ0n) is 23.2. The molecule has 39 heavy (non-hydrogen) atoms. The summed E-state index contributed by atoms with van der Waals surface area (Å²) in [5.74, 6) is 0.536. The van der Waals surface area contributed by atoms with Gasteiger partial charge in [-0.3, -0.25) is 10.1 Å². The largest absolute Gasteiger partial charge is 0.394 e. The van der Waals surface area contributed by atoms with Gasteiger partial charge in [0.05, 0.1) is 29.7 Å². The molecule has 1 unspecified atom stereocenters. The van der Waals surface area contributed by atoms with E-state index < -0.39 is 6.03 Å². The Labute approximate surface area is 229 Å². The Morgan fingerprint density at radius 3 is 2.38 bits per heavy atom. The number of rotatable bonds is 8. The van der Waals surface area contributed by atoms with Crippen molar-refractivity contribution >= 4 is 34.2 Å². The SMILES string of the molecule is CC(C)CC(CO)NC(=O)c1cccc(-n2nc(C(C)(C)C)cc2NC(=O)Nc2cccc3ccccc23)c1. The van der Waals surface area contributed by atoms with E-state index in [1.54, 1.807) is 22.9 Å². The molecule has 4 aromatic rings. The summed E-state index contributed by atoms with van der Waals surface area (Å²) in [6.07, 6.45) is 0.676. The number of nitrogens with zero attached hydrogens (tertiary/aromatic N) is 2. The van der Waals surface area contributed by atoms with Gasteiger partial charge in [0.2, 0.25) is 0 Å². The van der Waals surface area contributed by atoms with Crippen molar-refractivity contribution in [3.63, 3.8) is 0 Å². The van der Waals surface area contributed by atoms with Gasteiger partial charge in [0, 0.05) is 22.4 Å². The standard InChI is InChI=1S/C31H37N5O3/c1-20(2)16-23(19-37)32-29(38)22-12-8-13-24(17-22)36-28(18-27(35-36)31(3,4)5)34-30(39)33-26-15-9-11-21-10-6-7-14-25(21)26/h6-15,17-18,20,23,37H,16,19H2,1-5H3,(H,32,38)(H2,33,34,39). The van der Waals surface area contributed by atoms with E-state index in [-0.39, 0.29) is 24.0 Å². The maximum absolute atomic E-state index is 13.1. The summed E-state index contributed by atoms with van der Waals surface area (Å²) in [5, 5.41) is 25.3. The number of urea groups is 1. The number of nitrogens with one attached hydrogen (secondary N) is 3. The number of fused-ring (bicyclic) bond motifs is 1. The number of hydrogen-bond donors (Lipinski definition) is 4. The smallest absolute Gasteiger partial charge is 0.324 e. The number of hydrogen-bond acceptors (Lipinski definition) is 4. The summed E-state index contributed by atoms with van der Waals surface area (Å²) in [7, 11) is 0. The van der Waals surface area contributed by atoms with Crippen LogP contribution in [0.15, 0.2) is 72.8 Å². The summed E-state index contributed by atoms with van der Waals surface area (Å²) in [4.78, 5) is 26.1. The minimum absolute atomic E-state index is 0.127. The van der Waals surface area contributed by atoms with Gasteiger partial charge < -0.3 is 15.7 Å². The highest BCUT2D eigenvalue weighted by Gasteiger charge is 2.22. The third-order valence-corrected chi connectivity index (χ3v) is 6.42. The van der Waals surface area contributed by atoms with Crippen LogP contribution in [-0.2, 0) is 5.41 Å². The van der Waals surface area contributed by atoms with Crippen LogP contribution in [0, 0.1) is 5.92 Å². The van der Waals surface area contributed by atoms with Gasteiger partial charge in [-0.25, -0.2) is 9.48 Å². The molecule has 0 aliphatic heterocycles. The molecule has 0 fully saturated rings. The predicted octanol–water partition coefficient (Wildman–Crippen LogP) is 6.10. The summed E-state index contributed by atoms with van der Waals surface area (Å²) >= 11 is 0. The summed E-state index contributed by atoms with van der Waals surface area (Å²) in [6.45, 7) is 10.1. The van der Waals surface area contributed by atoms with Crippen LogP contribution in [0.1, 0.15) is 57.1 Å². The number of carbonyl (C=O) groups is 2. The van der Waals surface area contributed by atoms with E-state index in [2.05, 4.69) is 16.0 Å². The normalized spacial score (nSPS) is 12.4. The third-order valence-electron chi connectivity index (χ3n) is 6.42. The number of aliphatic hydroxyl groups is 1. The fourth-order valence-electron chi connectivity index (χ4n) is 4.43. The first-order chi connectivity index (χ1) is 18.5. The van der Waals surface area contributed by atoms with E-state index >= 15 is 0 Å². The van der Waals surface area contributed by atoms with Gasteiger partial charge in [-0.1, -0.05) is 77.1 Å². The first-order valence-corrected chi connectivity index (χ1v) is 13.2. The lowest BCUT2D eigenvalue weighted by Crippen LogP contribution is -2.38. The van der Waals surface area contributed by atoms with Crippen LogP contribution in [0.4, 0.5) is 16.3 Å². The average molecular weight is 528 g/mol. The first-order valence-electron chi connectivity index (χ1n) is 13.2. The van der Waals surface area contributed by atoms with Crippen LogP contribution in [0.2, 0.25) is 0 Å². The van der Waals surface area contributed by atoms with Crippen molar-refractivity contribution in [3.8, 4) is 5.69 Å². The quantitative estimate of drug-likeness (QED) is 0.222. The molecule has 0 aliphatic carbocycles. The minimum atomic E-state index is -0.402. The molecule has 0 aliphatic rings. The second-order valence-corrected chi connectivity index (χ2v) is 11.2. The molecular weight excluding hydrogens is 490 g/mol. The van der Waals surface area contributed by atoms with Crippen LogP contribution in [0.3, 0.4) is 0 Å². The Kier molecular flexibility index (Phi) is 8.35. The van der Waals surface area contributed by atoms with Gasteiger partial charge in [0.15, 0.2) is 0 Å². The van der Waals surface area contributed by atoms with Crippen molar-refractivity contribution in [1.29, 1.82) is 0 Å². The first kappa shape index (κ1) is 27.9. The highest BCUT2D eigenvalue weighted by Crippen LogP contribution is 2.28. The van der Waals surface area contributed by atoms with Crippen LogP contribution >= 0.6 is 0 Å². The van der Waals surface area contributed by atoms with Crippen molar-refractivity contribution in [2.24, 2.45) is 5.92 Å². The van der Waals surface area contributed by atoms with E-state index in [9.17, 15) is 14.7 Å². The Hall–Kier alpha value is -4.17. The number of aromatic nitrogens is 2. The van der Waals surface area contributed by atoms with Crippen LogP contribution < -0.4 is 16.0 Å². The van der Waals surface area contributed by atoms with Gasteiger partial charge in [-0.2, -0.15) is 5.10 Å². The van der Waals surface area contributed by atoms with E-state index in [4.69, 9.17) is 5.10 Å². The molecule has 0 saturated heterocycles. The van der Waals surface area contributed by atoms with Gasteiger partial charge in [0.1, 0.15) is 5.82 Å². The number of aliphatic hydroxyl groups excluding tert-OH is 1. The zero-order valence-corrected chi connectivity index (χ0v) is 23.2. The molecule has 1 heterocycles. The number of anilines is 2. The topological polar surface area (TPSA) is 108 Å². The Morgan fingerprint density at radius 2 is 1.67 bits per heavy atom. The molecule has 204 valence electrons. The molecule has 1 atom stereocenters. The molecular formula is C31H37N5O3. The van der Waals surface area contributed by atoms with Crippen LogP contribution in [-0.4, -0.2) is 39.5 Å². The van der Waals surface area contributed by atoms with Crippen molar-refractivity contribution in [3.05, 3.63) is 84.1 Å². The van der Waals surface area contributed by atoms with E-state index in [0.717, 1.165) is 16.5 Å². The Morgan fingerprint density at radius 1 is 0.949 bits per heavy atom. The molecule has 0 saturated carbocycles. The molecule has 3 amide bonds. The van der Waals surface area contributed by atoms with Crippen molar-refractivity contribution in [2.45, 2.75) is 52.5 Å². The van der Waals surface area contributed by atoms with Crippen molar-refractivity contribution in [1.82, 2.24) is 15.1 Å². The molecule has 8 heteroatoms. The molecule has 3 aromatic carbocycles. The summed E-state index contributed by atoms with van der Waals surface area (Å²) in [6, 6.07) is 21.8. The highest BCUT2D eigenvalue weighted by atomic mass is 16.3. The summed E-state index contributed by atoms with van der Waals surface area (Å²) < 4.78 is 1.64. The fraction of sp³-hybridized carbons (Fsp3) is 0.323. The number of benzene rings is 3. The maximum atomic E-state index is 13.1. The van der Waals surface area contributed by atoms with Crippen molar-refractivity contribution in [2.75, 3.05) is 17.2 Å². The second kappa shape index (κ2) is 11.7. The molecule has 4 N–H and O–H groups in total. The zero-order chi connectivity index (χ0) is 28.2. The van der Waals surface area contributed by atoms with Gasteiger partial charge in [-0.15, -0.1) is 0 Å². The summed E-state index contributed by atoms with van der Waals surface area (Å²) in [5.41, 5.74) is 2.28. The monoisotopic (exact) mass is 527 g/mol. The van der Waals surface area contributed by atoms with Gasteiger partial charge in [-0.05, 0) is 42.0 Å².